The molecule has 1 heterocycles. The molecule has 84 valence electrons. The molecule has 1 unspecified atom stereocenters. The van der Waals surface area contributed by atoms with Crippen LogP contribution in [0.2, 0.25) is 0 Å². The molecule has 1 atom stereocenters. The van der Waals surface area contributed by atoms with Gasteiger partial charge in [0.05, 0.1) is 6.20 Å². The standard InChI is InChI=1S/C11H19N3O/c1-4-12-6-10(3)8-14-11(15)5-9(2)7-13-14/h5,7,10,12H,4,6,8H2,1-3H3. The zero-order valence-corrected chi connectivity index (χ0v) is 9.66. The Morgan fingerprint density at radius 2 is 2.33 bits per heavy atom. The third-order valence-corrected chi connectivity index (χ3v) is 2.23. The highest BCUT2D eigenvalue weighted by atomic mass is 16.1. The van der Waals surface area contributed by atoms with Crippen molar-refractivity contribution in [2.24, 2.45) is 5.92 Å². The van der Waals surface area contributed by atoms with Crippen molar-refractivity contribution < 1.29 is 0 Å². The molecule has 0 saturated heterocycles. The third-order valence-electron chi connectivity index (χ3n) is 2.23. The SMILES string of the molecule is CCNCC(C)Cn1ncc(C)cc1=O. The molecule has 1 N–H and O–H groups in total. The van der Waals surface area contributed by atoms with Gasteiger partial charge >= 0.3 is 0 Å². The summed E-state index contributed by atoms with van der Waals surface area (Å²) >= 11 is 0. The second kappa shape index (κ2) is 5.66. The molecule has 1 aromatic heterocycles. The van der Waals surface area contributed by atoms with Crippen LogP contribution < -0.4 is 10.9 Å². The molecule has 1 aromatic rings. The zero-order valence-electron chi connectivity index (χ0n) is 9.66. The van der Waals surface area contributed by atoms with E-state index >= 15 is 0 Å². The van der Waals surface area contributed by atoms with Gasteiger partial charge in [-0.3, -0.25) is 4.79 Å². The minimum Gasteiger partial charge on any atom is -0.317 e. The van der Waals surface area contributed by atoms with Gasteiger partial charge in [0.2, 0.25) is 0 Å². The van der Waals surface area contributed by atoms with Gasteiger partial charge in [-0.15, -0.1) is 0 Å². The Labute approximate surface area is 90.3 Å². The molecule has 0 aliphatic heterocycles. The Bertz CT molecular complexity index is 359. The van der Waals surface area contributed by atoms with E-state index in [-0.39, 0.29) is 5.56 Å². The van der Waals surface area contributed by atoms with Crippen molar-refractivity contribution in [2.45, 2.75) is 27.3 Å². The second-order valence-electron chi connectivity index (χ2n) is 3.97. The van der Waals surface area contributed by atoms with Gasteiger partial charge in [-0.25, -0.2) is 4.68 Å². The predicted molar refractivity (Wildman–Crippen MR) is 60.9 cm³/mol. The molecule has 0 radical (unpaired) electrons. The maximum Gasteiger partial charge on any atom is 0.266 e. The first kappa shape index (κ1) is 11.9. The van der Waals surface area contributed by atoms with Gasteiger partial charge in [-0.2, -0.15) is 5.10 Å². The van der Waals surface area contributed by atoms with Gasteiger partial charge in [-0.05, 0) is 31.5 Å². The highest BCUT2D eigenvalue weighted by Gasteiger charge is 2.04. The minimum absolute atomic E-state index is 0.0154. The van der Waals surface area contributed by atoms with Crippen LogP contribution in [-0.2, 0) is 6.54 Å². The lowest BCUT2D eigenvalue weighted by atomic mass is 10.2. The highest BCUT2D eigenvalue weighted by Crippen LogP contribution is 1.96. The van der Waals surface area contributed by atoms with E-state index in [0.29, 0.717) is 12.5 Å². The Hall–Kier alpha value is -1.16. The molecule has 4 nitrogen and oxygen atoms in total. The number of nitrogens with zero attached hydrogens (tertiary/aromatic N) is 2. The van der Waals surface area contributed by atoms with E-state index in [4.69, 9.17) is 0 Å². The van der Waals surface area contributed by atoms with Crippen LogP contribution in [0.15, 0.2) is 17.1 Å². The quantitative estimate of drug-likeness (QED) is 0.780. The maximum atomic E-state index is 11.5. The summed E-state index contributed by atoms with van der Waals surface area (Å²) < 4.78 is 1.52. The van der Waals surface area contributed by atoms with Crippen molar-refractivity contribution in [3.05, 3.63) is 28.2 Å². The van der Waals surface area contributed by atoms with Crippen LogP contribution in [0.3, 0.4) is 0 Å². The van der Waals surface area contributed by atoms with Gasteiger partial charge in [0.1, 0.15) is 0 Å². The Morgan fingerprint density at radius 3 is 2.93 bits per heavy atom. The molecule has 0 spiro atoms. The van der Waals surface area contributed by atoms with Crippen molar-refractivity contribution in [3.63, 3.8) is 0 Å². The largest absolute Gasteiger partial charge is 0.317 e. The van der Waals surface area contributed by atoms with E-state index in [0.717, 1.165) is 18.7 Å². The predicted octanol–water partition coefficient (Wildman–Crippen LogP) is 0.797. The molecule has 15 heavy (non-hydrogen) atoms. The van der Waals surface area contributed by atoms with E-state index in [1.807, 2.05) is 6.92 Å². The average Bonchev–Trinajstić information content (AvgIpc) is 2.19. The van der Waals surface area contributed by atoms with Crippen molar-refractivity contribution in [3.8, 4) is 0 Å². The van der Waals surface area contributed by atoms with E-state index < -0.39 is 0 Å². The fourth-order valence-electron chi connectivity index (χ4n) is 1.41. The summed E-state index contributed by atoms with van der Waals surface area (Å²) in [6, 6.07) is 1.62. The smallest absolute Gasteiger partial charge is 0.266 e. The molecule has 1 rings (SSSR count). The van der Waals surface area contributed by atoms with Crippen molar-refractivity contribution >= 4 is 0 Å². The third kappa shape index (κ3) is 3.83. The van der Waals surface area contributed by atoms with Crippen molar-refractivity contribution in [2.75, 3.05) is 13.1 Å². The molecule has 0 bridgehead atoms. The highest BCUT2D eigenvalue weighted by molar-refractivity contribution is 5.02. The summed E-state index contributed by atoms with van der Waals surface area (Å²) in [5.41, 5.74) is 0.897. The van der Waals surface area contributed by atoms with Gasteiger partial charge in [0.25, 0.3) is 5.56 Å². The number of nitrogens with one attached hydrogen (secondary N) is 1. The molecule has 0 aromatic carbocycles. The fourth-order valence-corrected chi connectivity index (χ4v) is 1.41. The van der Waals surface area contributed by atoms with Crippen LogP contribution in [0.5, 0.6) is 0 Å². The van der Waals surface area contributed by atoms with Crippen LogP contribution in [0, 0.1) is 12.8 Å². The van der Waals surface area contributed by atoms with Crippen LogP contribution in [-0.4, -0.2) is 22.9 Å². The summed E-state index contributed by atoms with van der Waals surface area (Å²) in [5.74, 6) is 0.415. The van der Waals surface area contributed by atoms with Crippen LogP contribution in [0.25, 0.3) is 0 Å². The lowest BCUT2D eigenvalue weighted by Gasteiger charge is -2.12. The average molecular weight is 209 g/mol. The van der Waals surface area contributed by atoms with Crippen molar-refractivity contribution in [1.82, 2.24) is 15.1 Å². The van der Waals surface area contributed by atoms with Gasteiger partial charge in [0.15, 0.2) is 0 Å². The lowest BCUT2D eigenvalue weighted by Crippen LogP contribution is -2.30. The second-order valence-corrected chi connectivity index (χ2v) is 3.97. The molecule has 0 saturated carbocycles. The van der Waals surface area contributed by atoms with Crippen molar-refractivity contribution in [1.29, 1.82) is 0 Å². The Morgan fingerprint density at radius 1 is 1.60 bits per heavy atom. The first-order valence-electron chi connectivity index (χ1n) is 5.38. The van der Waals surface area contributed by atoms with E-state index in [1.54, 1.807) is 12.3 Å². The number of hydrogen-bond donors (Lipinski definition) is 1. The first-order chi connectivity index (χ1) is 7.13. The summed E-state index contributed by atoms with van der Waals surface area (Å²) in [7, 11) is 0. The molecule has 0 fully saturated rings. The van der Waals surface area contributed by atoms with E-state index in [1.165, 1.54) is 4.68 Å². The Kier molecular flexibility index (Phi) is 4.49. The molecule has 0 amide bonds. The fraction of sp³-hybridized carbons (Fsp3) is 0.636. The molecular weight excluding hydrogens is 190 g/mol. The van der Waals surface area contributed by atoms with Gasteiger partial charge < -0.3 is 5.32 Å². The first-order valence-corrected chi connectivity index (χ1v) is 5.38. The zero-order chi connectivity index (χ0) is 11.3. The van der Waals surface area contributed by atoms with Crippen LogP contribution in [0.1, 0.15) is 19.4 Å². The van der Waals surface area contributed by atoms with Crippen LogP contribution in [0.4, 0.5) is 0 Å². The van der Waals surface area contributed by atoms with E-state index in [9.17, 15) is 4.79 Å². The number of aromatic nitrogens is 2. The summed E-state index contributed by atoms with van der Waals surface area (Å²) in [6.45, 7) is 8.60. The normalized spacial score (nSPS) is 12.7. The van der Waals surface area contributed by atoms with Gasteiger partial charge in [0, 0.05) is 12.6 Å². The number of aryl methyl sites for hydroxylation is 1. The monoisotopic (exact) mass is 209 g/mol. The molecular formula is C11H19N3O. The molecule has 0 aliphatic carbocycles. The topological polar surface area (TPSA) is 46.9 Å². The minimum atomic E-state index is -0.0154. The van der Waals surface area contributed by atoms with Gasteiger partial charge in [-0.1, -0.05) is 13.8 Å². The Balaban J connectivity index is 2.60. The van der Waals surface area contributed by atoms with Crippen LogP contribution >= 0.6 is 0 Å². The number of rotatable bonds is 5. The molecule has 0 aliphatic rings. The summed E-state index contributed by atoms with van der Waals surface area (Å²) in [6.07, 6.45) is 1.72. The summed E-state index contributed by atoms with van der Waals surface area (Å²) in [5, 5.41) is 7.36. The van der Waals surface area contributed by atoms with E-state index in [2.05, 4.69) is 24.3 Å². The molecule has 4 heteroatoms. The lowest BCUT2D eigenvalue weighted by molar-refractivity contribution is 0.413. The number of hydrogen-bond acceptors (Lipinski definition) is 3. The maximum absolute atomic E-state index is 11.5. The summed E-state index contributed by atoms with van der Waals surface area (Å²) in [4.78, 5) is 11.5.